The summed E-state index contributed by atoms with van der Waals surface area (Å²) < 4.78 is 15.8. The summed E-state index contributed by atoms with van der Waals surface area (Å²) in [5.41, 5.74) is 2.55. The van der Waals surface area contributed by atoms with Crippen molar-refractivity contribution in [2.75, 3.05) is 44.1 Å². The zero-order valence-electron chi connectivity index (χ0n) is 19.2. The molecule has 2 aliphatic heterocycles. The molecule has 33 heavy (non-hydrogen) atoms. The van der Waals surface area contributed by atoms with Gasteiger partial charge in [-0.15, -0.1) is 0 Å². The summed E-state index contributed by atoms with van der Waals surface area (Å²) in [7, 11) is 3.26. The van der Waals surface area contributed by atoms with Crippen molar-refractivity contribution < 1.29 is 23.8 Å². The molecule has 1 N–H and O–H groups in total. The minimum Gasteiger partial charge on any atom is -0.493 e. The summed E-state index contributed by atoms with van der Waals surface area (Å²) in [5, 5.41) is 3.02. The van der Waals surface area contributed by atoms with Crippen LogP contribution in [0.2, 0.25) is 0 Å². The fourth-order valence-electron chi connectivity index (χ4n) is 4.51. The highest BCUT2D eigenvalue weighted by molar-refractivity contribution is 5.93. The third-order valence-corrected chi connectivity index (χ3v) is 6.27. The smallest absolute Gasteiger partial charge is 0.414 e. The molecule has 0 radical (unpaired) electrons. The number of nitrogens with zero attached hydrogens (tertiary/aromatic N) is 2. The van der Waals surface area contributed by atoms with E-state index < -0.39 is 0 Å². The standard InChI is InChI=1S/C25H31N3O5/c1-31-22-12-10-18(16-23(22)32-2)9-11-20-7-3-4-13-27(20)24(29)26-19-6-5-8-21(17-19)28-14-15-33-25(28)30/h5-6,8,10,12,16-17,20H,3-4,7,9,11,13-15H2,1-2H3,(H,26,29)/t20-/m1/s1. The summed E-state index contributed by atoms with van der Waals surface area (Å²) in [6, 6.07) is 13.4. The van der Waals surface area contributed by atoms with E-state index >= 15 is 0 Å². The first-order chi connectivity index (χ1) is 16.1. The van der Waals surface area contributed by atoms with E-state index in [0.29, 0.717) is 24.6 Å². The third-order valence-electron chi connectivity index (χ3n) is 6.27. The molecule has 176 valence electrons. The molecular formula is C25H31N3O5. The molecule has 0 aliphatic carbocycles. The number of amides is 3. The summed E-state index contributed by atoms with van der Waals surface area (Å²) >= 11 is 0. The first-order valence-electron chi connectivity index (χ1n) is 11.4. The van der Waals surface area contributed by atoms with Gasteiger partial charge in [0, 0.05) is 24.0 Å². The number of benzene rings is 2. The van der Waals surface area contributed by atoms with Crippen molar-refractivity contribution >= 4 is 23.5 Å². The molecule has 8 heteroatoms. The van der Waals surface area contributed by atoms with Crippen LogP contribution in [0.1, 0.15) is 31.2 Å². The molecule has 0 bridgehead atoms. The van der Waals surface area contributed by atoms with Gasteiger partial charge in [0.05, 0.1) is 20.8 Å². The normalized spacial score (nSPS) is 18.1. The van der Waals surface area contributed by atoms with Crippen LogP contribution < -0.4 is 19.7 Å². The molecule has 2 saturated heterocycles. The summed E-state index contributed by atoms with van der Waals surface area (Å²) in [5.74, 6) is 1.43. The van der Waals surface area contributed by atoms with E-state index in [-0.39, 0.29) is 18.2 Å². The van der Waals surface area contributed by atoms with Gasteiger partial charge in [-0.3, -0.25) is 4.90 Å². The fraction of sp³-hybridized carbons (Fsp3) is 0.440. The van der Waals surface area contributed by atoms with E-state index in [4.69, 9.17) is 14.2 Å². The summed E-state index contributed by atoms with van der Waals surface area (Å²) in [6.07, 6.45) is 4.47. The van der Waals surface area contributed by atoms with E-state index in [1.807, 2.05) is 47.4 Å². The number of piperidine rings is 1. The minimum atomic E-state index is -0.357. The molecule has 2 aliphatic rings. The number of hydrogen-bond donors (Lipinski definition) is 1. The molecule has 0 saturated carbocycles. The highest BCUT2D eigenvalue weighted by Crippen LogP contribution is 2.29. The molecule has 4 rings (SSSR count). The topological polar surface area (TPSA) is 80.3 Å². The van der Waals surface area contributed by atoms with Gasteiger partial charge in [-0.05, 0) is 68.0 Å². The largest absolute Gasteiger partial charge is 0.493 e. The SMILES string of the molecule is COc1ccc(CC[C@H]2CCCCN2C(=O)Nc2cccc(N3CCOC3=O)c2)cc1OC. The van der Waals surface area contributed by atoms with Crippen LogP contribution in [0.3, 0.4) is 0 Å². The van der Waals surface area contributed by atoms with E-state index in [1.54, 1.807) is 19.1 Å². The monoisotopic (exact) mass is 453 g/mol. The first-order valence-corrected chi connectivity index (χ1v) is 11.4. The Morgan fingerprint density at radius 3 is 2.70 bits per heavy atom. The van der Waals surface area contributed by atoms with Crippen molar-refractivity contribution in [2.24, 2.45) is 0 Å². The molecule has 0 aromatic heterocycles. The van der Waals surface area contributed by atoms with Crippen LogP contribution in [0, 0.1) is 0 Å². The molecule has 2 fully saturated rings. The second-order valence-electron chi connectivity index (χ2n) is 8.32. The Labute approximate surface area is 194 Å². The Bertz CT molecular complexity index is 996. The Kier molecular flexibility index (Phi) is 7.22. The Hall–Kier alpha value is -3.42. The van der Waals surface area contributed by atoms with Gasteiger partial charge in [0.25, 0.3) is 0 Å². The number of likely N-dealkylation sites (tertiary alicyclic amines) is 1. The van der Waals surface area contributed by atoms with Gasteiger partial charge in [0.15, 0.2) is 11.5 Å². The number of cyclic esters (lactones) is 1. The lowest BCUT2D eigenvalue weighted by Crippen LogP contribution is -2.46. The maximum absolute atomic E-state index is 13.1. The number of carbonyl (C=O) groups excluding carboxylic acids is 2. The van der Waals surface area contributed by atoms with Crippen LogP contribution in [-0.2, 0) is 11.2 Å². The third kappa shape index (κ3) is 5.32. The lowest BCUT2D eigenvalue weighted by atomic mass is 9.96. The summed E-state index contributed by atoms with van der Waals surface area (Å²) in [4.78, 5) is 28.5. The predicted octanol–water partition coefficient (Wildman–Crippen LogP) is 4.68. The number of ether oxygens (including phenoxy) is 3. The molecule has 3 amide bonds. The Balaban J connectivity index is 1.40. The number of carbonyl (C=O) groups is 2. The van der Waals surface area contributed by atoms with E-state index in [1.165, 1.54) is 0 Å². The van der Waals surface area contributed by atoms with E-state index in [9.17, 15) is 9.59 Å². The molecule has 2 heterocycles. The molecule has 8 nitrogen and oxygen atoms in total. The lowest BCUT2D eigenvalue weighted by molar-refractivity contribution is 0.158. The predicted molar refractivity (Wildman–Crippen MR) is 126 cm³/mol. The maximum atomic E-state index is 13.1. The van der Waals surface area contributed by atoms with Gasteiger partial charge in [0.1, 0.15) is 6.61 Å². The molecule has 2 aromatic rings. The number of urea groups is 1. The van der Waals surface area contributed by atoms with Crippen molar-refractivity contribution in [3.05, 3.63) is 48.0 Å². The van der Waals surface area contributed by atoms with Crippen molar-refractivity contribution in [3.63, 3.8) is 0 Å². The quantitative estimate of drug-likeness (QED) is 0.658. The fourth-order valence-corrected chi connectivity index (χ4v) is 4.51. The van der Waals surface area contributed by atoms with Gasteiger partial charge < -0.3 is 24.4 Å². The first kappa shape index (κ1) is 22.8. The zero-order valence-corrected chi connectivity index (χ0v) is 19.2. The number of anilines is 2. The van der Waals surface area contributed by atoms with Gasteiger partial charge in [-0.1, -0.05) is 12.1 Å². The molecular weight excluding hydrogens is 422 g/mol. The number of hydrogen-bond acceptors (Lipinski definition) is 5. The highest BCUT2D eigenvalue weighted by atomic mass is 16.6. The zero-order chi connectivity index (χ0) is 23.2. The number of nitrogens with one attached hydrogen (secondary N) is 1. The average Bonchev–Trinajstić information content (AvgIpc) is 3.28. The lowest BCUT2D eigenvalue weighted by Gasteiger charge is -2.36. The van der Waals surface area contributed by atoms with Gasteiger partial charge in [-0.25, -0.2) is 9.59 Å². The number of aryl methyl sites for hydroxylation is 1. The second-order valence-corrected chi connectivity index (χ2v) is 8.32. The second kappa shape index (κ2) is 10.5. The van der Waals surface area contributed by atoms with E-state index in [0.717, 1.165) is 55.6 Å². The van der Waals surface area contributed by atoms with Gasteiger partial charge in [-0.2, -0.15) is 0 Å². The van der Waals surface area contributed by atoms with E-state index in [2.05, 4.69) is 5.32 Å². The van der Waals surface area contributed by atoms with Crippen molar-refractivity contribution in [2.45, 2.75) is 38.1 Å². The summed E-state index contributed by atoms with van der Waals surface area (Å²) in [6.45, 7) is 1.63. The average molecular weight is 454 g/mol. The molecule has 0 spiro atoms. The van der Waals surface area contributed by atoms with Crippen LogP contribution in [-0.4, -0.2) is 57.0 Å². The van der Waals surface area contributed by atoms with Crippen LogP contribution in [0.4, 0.5) is 21.0 Å². The van der Waals surface area contributed by atoms with Gasteiger partial charge >= 0.3 is 12.1 Å². The highest BCUT2D eigenvalue weighted by Gasteiger charge is 2.27. The van der Waals surface area contributed by atoms with Crippen LogP contribution >= 0.6 is 0 Å². The van der Waals surface area contributed by atoms with Crippen molar-refractivity contribution in [1.82, 2.24) is 4.90 Å². The van der Waals surface area contributed by atoms with Gasteiger partial charge in [0.2, 0.25) is 0 Å². The van der Waals surface area contributed by atoms with Crippen LogP contribution in [0.5, 0.6) is 11.5 Å². The molecule has 1 atom stereocenters. The Morgan fingerprint density at radius 2 is 1.94 bits per heavy atom. The Morgan fingerprint density at radius 1 is 1.09 bits per heavy atom. The minimum absolute atomic E-state index is 0.104. The van der Waals surface area contributed by atoms with Crippen LogP contribution in [0.15, 0.2) is 42.5 Å². The number of rotatable bonds is 7. The van der Waals surface area contributed by atoms with Crippen LogP contribution in [0.25, 0.3) is 0 Å². The molecule has 2 aromatic carbocycles. The molecule has 0 unspecified atom stereocenters. The maximum Gasteiger partial charge on any atom is 0.414 e. The van der Waals surface area contributed by atoms with Crippen molar-refractivity contribution in [3.8, 4) is 11.5 Å². The van der Waals surface area contributed by atoms with Crippen molar-refractivity contribution in [1.29, 1.82) is 0 Å². The number of methoxy groups -OCH3 is 2.